The molecule has 1 aromatic rings. The van der Waals surface area contributed by atoms with E-state index in [4.69, 9.17) is 17.1 Å². The molecule has 7 heteroatoms. The second kappa shape index (κ2) is 6.98. The molecule has 0 amide bonds. The van der Waals surface area contributed by atoms with Crippen molar-refractivity contribution < 1.29 is 15.0 Å². The van der Waals surface area contributed by atoms with Crippen molar-refractivity contribution in [3.8, 4) is 0 Å². The number of hydrogen-bond donors (Lipinski definition) is 2. The van der Waals surface area contributed by atoms with Gasteiger partial charge in [-0.2, -0.15) is 0 Å². The van der Waals surface area contributed by atoms with Gasteiger partial charge in [-0.25, -0.2) is 0 Å². The minimum absolute atomic E-state index is 0.0512. The number of benzene rings is 1. The first-order chi connectivity index (χ1) is 8.61. The smallest absolute Gasteiger partial charge is 0.150 e. The molecule has 0 aliphatic carbocycles. The van der Waals surface area contributed by atoms with Gasteiger partial charge in [-0.05, 0) is 18.0 Å². The Balaban J connectivity index is 2.91. The zero-order valence-electron chi connectivity index (χ0n) is 9.40. The van der Waals surface area contributed by atoms with Crippen LogP contribution in [0.4, 0.5) is 0 Å². The fourth-order valence-corrected chi connectivity index (χ4v) is 1.85. The number of aldehydes is 1. The van der Waals surface area contributed by atoms with E-state index in [1.165, 1.54) is 12.1 Å². The van der Waals surface area contributed by atoms with Gasteiger partial charge in [0, 0.05) is 27.6 Å². The Morgan fingerprint density at radius 3 is 2.83 bits per heavy atom. The molecule has 0 aromatic heterocycles. The molecule has 1 rings (SSSR count). The van der Waals surface area contributed by atoms with E-state index in [-0.39, 0.29) is 29.1 Å². The molecule has 6 nitrogen and oxygen atoms in total. The molecule has 0 aliphatic rings. The molecule has 2 atom stereocenters. The van der Waals surface area contributed by atoms with E-state index in [0.29, 0.717) is 6.29 Å². The Morgan fingerprint density at radius 2 is 2.22 bits per heavy atom. The van der Waals surface area contributed by atoms with Crippen LogP contribution in [0.5, 0.6) is 0 Å². The minimum Gasteiger partial charge on any atom is -0.390 e. The summed E-state index contributed by atoms with van der Waals surface area (Å²) in [6, 6.07) is 4.60. The van der Waals surface area contributed by atoms with Crippen LogP contribution in [-0.2, 0) is 0 Å². The molecule has 18 heavy (non-hydrogen) atoms. The third-order valence-corrected chi connectivity index (χ3v) is 2.79. The van der Waals surface area contributed by atoms with Gasteiger partial charge in [0.1, 0.15) is 12.4 Å². The summed E-state index contributed by atoms with van der Waals surface area (Å²) in [5.74, 6) is 0. The summed E-state index contributed by atoms with van der Waals surface area (Å²) in [5, 5.41) is 23.2. The predicted molar refractivity (Wildman–Crippen MR) is 66.4 cm³/mol. The van der Waals surface area contributed by atoms with Crippen LogP contribution < -0.4 is 0 Å². The summed E-state index contributed by atoms with van der Waals surface area (Å²) in [5.41, 5.74) is 8.51. The van der Waals surface area contributed by atoms with Gasteiger partial charge in [-0.15, -0.1) is 0 Å². The van der Waals surface area contributed by atoms with E-state index in [0.717, 1.165) is 0 Å². The van der Waals surface area contributed by atoms with Gasteiger partial charge in [-0.1, -0.05) is 28.8 Å². The van der Waals surface area contributed by atoms with Crippen LogP contribution in [0.1, 0.15) is 28.4 Å². The zero-order valence-corrected chi connectivity index (χ0v) is 10.2. The lowest BCUT2D eigenvalue weighted by molar-refractivity contribution is 0.0148. The van der Waals surface area contributed by atoms with Gasteiger partial charge >= 0.3 is 0 Å². The third kappa shape index (κ3) is 3.45. The fourth-order valence-electron chi connectivity index (χ4n) is 1.55. The van der Waals surface area contributed by atoms with Gasteiger partial charge in [0.25, 0.3) is 0 Å². The number of carbonyl (C=O) groups is 1. The van der Waals surface area contributed by atoms with Crippen molar-refractivity contribution in [3.63, 3.8) is 0 Å². The standard InChI is InChI=1S/C11H12ClN3O3/c12-8-3-1-2-7(6-16)10(8)11(18)9(17)4-5-14-15-13/h1-3,6,9,11,17-18H,4-5H2. The Kier molecular flexibility index (Phi) is 5.61. The first-order valence-electron chi connectivity index (χ1n) is 5.22. The van der Waals surface area contributed by atoms with Gasteiger partial charge in [0.15, 0.2) is 0 Å². The molecule has 0 fully saturated rings. The molecule has 0 saturated carbocycles. The number of nitrogens with zero attached hydrogens (tertiary/aromatic N) is 3. The van der Waals surface area contributed by atoms with Crippen molar-refractivity contribution in [2.45, 2.75) is 18.6 Å². The van der Waals surface area contributed by atoms with E-state index in [2.05, 4.69) is 10.0 Å². The van der Waals surface area contributed by atoms with Crippen LogP contribution >= 0.6 is 11.6 Å². The molecule has 0 heterocycles. The van der Waals surface area contributed by atoms with Gasteiger partial charge in [-0.3, -0.25) is 4.79 Å². The maximum absolute atomic E-state index is 10.8. The Labute approximate surface area is 108 Å². The highest BCUT2D eigenvalue weighted by Crippen LogP contribution is 2.29. The summed E-state index contributed by atoms with van der Waals surface area (Å²) in [6.07, 6.45) is -1.82. The highest BCUT2D eigenvalue weighted by Gasteiger charge is 2.22. The number of halogens is 1. The molecule has 0 saturated heterocycles. The maximum Gasteiger partial charge on any atom is 0.150 e. The summed E-state index contributed by atoms with van der Waals surface area (Å²) >= 11 is 5.90. The summed E-state index contributed by atoms with van der Waals surface area (Å²) < 4.78 is 0. The number of azide groups is 1. The monoisotopic (exact) mass is 269 g/mol. The van der Waals surface area contributed by atoms with Crippen LogP contribution in [0.2, 0.25) is 5.02 Å². The first-order valence-corrected chi connectivity index (χ1v) is 5.60. The normalized spacial score (nSPS) is 13.5. The van der Waals surface area contributed by atoms with Gasteiger partial charge < -0.3 is 10.2 Å². The van der Waals surface area contributed by atoms with Crippen LogP contribution in [-0.4, -0.2) is 29.1 Å². The Bertz CT molecular complexity index is 475. The molecule has 96 valence electrons. The number of aliphatic hydroxyl groups excluding tert-OH is 2. The van der Waals surface area contributed by atoms with Crippen LogP contribution in [0, 0.1) is 0 Å². The predicted octanol–water partition coefficient (Wildman–Crippen LogP) is 2.25. The molecule has 2 N–H and O–H groups in total. The number of rotatable bonds is 6. The highest BCUT2D eigenvalue weighted by atomic mass is 35.5. The van der Waals surface area contributed by atoms with Gasteiger partial charge in [0.05, 0.1) is 6.10 Å². The second-order valence-corrected chi connectivity index (χ2v) is 4.02. The third-order valence-electron chi connectivity index (χ3n) is 2.46. The van der Waals surface area contributed by atoms with Crippen LogP contribution in [0.15, 0.2) is 23.3 Å². The van der Waals surface area contributed by atoms with Crippen molar-refractivity contribution in [3.05, 3.63) is 44.8 Å². The van der Waals surface area contributed by atoms with E-state index < -0.39 is 12.2 Å². The van der Waals surface area contributed by atoms with Crippen molar-refractivity contribution in [2.24, 2.45) is 5.11 Å². The van der Waals surface area contributed by atoms with Gasteiger partial charge in [0.2, 0.25) is 0 Å². The Morgan fingerprint density at radius 1 is 1.50 bits per heavy atom. The molecule has 0 bridgehead atoms. The summed E-state index contributed by atoms with van der Waals surface area (Å²) in [6.45, 7) is 0.0512. The van der Waals surface area contributed by atoms with Crippen molar-refractivity contribution >= 4 is 17.9 Å². The molecule has 1 aromatic carbocycles. The lowest BCUT2D eigenvalue weighted by atomic mass is 9.97. The fraction of sp³-hybridized carbons (Fsp3) is 0.364. The quantitative estimate of drug-likeness (QED) is 0.358. The van der Waals surface area contributed by atoms with Crippen molar-refractivity contribution in [2.75, 3.05) is 6.54 Å². The van der Waals surface area contributed by atoms with E-state index in [1.807, 2.05) is 0 Å². The van der Waals surface area contributed by atoms with E-state index >= 15 is 0 Å². The average Bonchev–Trinajstić information content (AvgIpc) is 2.37. The molecular formula is C11H12ClN3O3. The molecular weight excluding hydrogens is 258 g/mol. The minimum atomic E-state index is -1.30. The van der Waals surface area contributed by atoms with Crippen LogP contribution in [0.3, 0.4) is 0 Å². The van der Waals surface area contributed by atoms with E-state index in [1.54, 1.807) is 6.07 Å². The molecule has 0 spiro atoms. The first kappa shape index (κ1) is 14.5. The number of aliphatic hydroxyl groups is 2. The summed E-state index contributed by atoms with van der Waals surface area (Å²) in [7, 11) is 0. The molecule has 0 aliphatic heterocycles. The zero-order chi connectivity index (χ0) is 13.5. The number of hydrogen-bond acceptors (Lipinski definition) is 4. The van der Waals surface area contributed by atoms with E-state index in [9.17, 15) is 15.0 Å². The van der Waals surface area contributed by atoms with Crippen molar-refractivity contribution in [1.29, 1.82) is 0 Å². The highest BCUT2D eigenvalue weighted by molar-refractivity contribution is 6.31. The largest absolute Gasteiger partial charge is 0.390 e. The second-order valence-electron chi connectivity index (χ2n) is 3.62. The topological polar surface area (TPSA) is 106 Å². The molecule has 0 radical (unpaired) electrons. The number of carbonyl (C=O) groups excluding carboxylic acids is 1. The summed E-state index contributed by atoms with van der Waals surface area (Å²) in [4.78, 5) is 13.4. The SMILES string of the molecule is [N-]=[N+]=NCCC(O)C(O)c1c(Cl)cccc1C=O. The maximum atomic E-state index is 10.8. The van der Waals surface area contributed by atoms with Crippen molar-refractivity contribution in [1.82, 2.24) is 0 Å². The molecule has 2 unspecified atom stereocenters. The average molecular weight is 270 g/mol. The lowest BCUT2D eigenvalue weighted by Gasteiger charge is -2.19. The Hall–Kier alpha value is -1.59. The lowest BCUT2D eigenvalue weighted by Crippen LogP contribution is -2.20. The van der Waals surface area contributed by atoms with Crippen LogP contribution in [0.25, 0.3) is 10.4 Å².